The van der Waals surface area contributed by atoms with E-state index in [4.69, 9.17) is 5.73 Å². The molecular formula is C15H21BrF2N2O. The summed E-state index contributed by atoms with van der Waals surface area (Å²) >= 11 is 3.04. The average molecular weight is 363 g/mol. The highest BCUT2D eigenvalue weighted by atomic mass is 79.9. The van der Waals surface area contributed by atoms with E-state index in [0.29, 0.717) is 24.8 Å². The number of amides is 1. The Labute approximate surface area is 132 Å². The molecule has 0 spiro atoms. The Bertz CT molecular complexity index is 472. The van der Waals surface area contributed by atoms with Gasteiger partial charge in [0.05, 0.1) is 5.69 Å². The Balaban J connectivity index is 2.62. The maximum absolute atomic E-state index is 13.6. The molecule has 1 amide bonds. The van der Waals surface area contributed by atoms with E-state index in [2.05, 4.69) is 35.1 Å². The zero-order valence-corrected chi connectivity index (χ0v) is 13.8. The van der Waals surface area contributed by atoms with Crippen molar-refractivity contribution in [3.05, 3.63) is 28.2 Å². The average Bonchev–Trinajstić information content (AvgIpc) is 2.38. The molecule has 1 rings (SSSR count). The maximum atomic E-state index is 13.6. The summed E-state index contributed by atoms with van der Waals surface area (Å²) in [4.78, 5) is 11.9. The van der Waals surface area contributed by atoms with Gasteiger partial charge in [0.2, 0.25) is 5.91 Å². The van der Waals surface area contributed by atoms with Gasteiger partial charge in [-0.2, -0.15) is 0 Å². The van der Waals surface area contributed by atoms with Gasteiger partial charge in [0.1, 0.15) is 5.82 Å². The van der Waals surface area contributed by atoms with Crippen LogP contribution >= 0.6 is 15.9 Å². The van der Waals surface area contributed by atoms with Crippen molar-refractivity contribution >= 4 is 27.5 Å². The molecule has 0 saturated heterocycles. The third kappa shape index (κ3) is 5.71. The highest BCUT2D eigenvalue weighted by Crippen LogP contribution is 2.27. The summed E-state index contributed by atoms with van der Waals surface area (Å²) in [5.41, 5.74) is 5.53. The molecule has 1 aromatic rings. The molecule has 0 fully saturated rings. The number of anilines is 1. The van der Waals surface area contributed by atoms with E-state index in [1.807, 2.05) is 0 Å². The first-order chi connectivity index (χ1) is 9.85. The van der Waals surface area contributed by atoms with Crippen LogP contribution in [0.1, 0.15) is 33.1 Å². The lowest BCUT2D eigenvalue weighted by Crippen LogP contribution is -2.19. The Kier molecular flexibility index (Phi) is 7.25. The van der Waals surface area contributed by atoms with Crippen LogP contribution in [-0.2, 0) is 4.79 Å². The van der Waals surface area contributed by atoms with Gasteiger partial charge < -0.3 is 11.1 Å². The highest BCUT2D eigenvalue weighted by molar-refractivity contribution is 9.10. The van der Waals surface area contributed by atoms with Crippen molar-refractivity contribution in [1.29, 1.82) is 0 Å². The minimum absolute atomic E-state index is 0.0266. The van der Waals surface area contributed by atoms with Crippen LogP contribution in [0.3, 0.4) is 0 Å². The largest absolute Gasteiger partial charge is 0.330 e. The van der Waals surface area contributed by atoms with Crippen molar-refractivity contribution in [2.75, 3.05) is 11.9 Å². The number of benzene rings is 1. The summed E-state index contributed by atoms with van der Waals surface area (Å²) < 4.78 is 26.8. The van der Waals surface area contributed by atoms with Gasteiger partial charge in [-0.1, -0.05) is 13.8 Å². The van der Waals surface area contributed by atoms with Crippen LogP contribution in [-0.4, -0.2) is 12.5 Å². The number of carbonyl (C=O) groups is 1. The van der Waals surface area contributed by atoms with E-state index >= 15 is 0 Å². The molecule has 3 N–H and O–H groups in total. The summed E-state index contributed by atoms with van der Waals surface area (Å²) in [5, 5.41) is 2.48. The van der Waals surface area contributed by atoms with Crippen molar-refractivity contribution in [3.63, 3.8) is 0 Å². The van der Waals surface area contributed by atoms with Crippen molar-refractivity contribution < 1.29 is 13.6 Å². The molecule has 21 heavy (non-hydrogen) atoms. The summed E-state index contributed by atoms with van der Waals surface area (Å²) in [6, 6.07) is 1.86. The van der Waals surface area contributed by atoms with E-state index in [1.54, 1.807) is 0 Å². The van der Waals surface area contributed by atoms with Crippen LogP contribution in [0.2, 0.25) is 0 Å². The van der Waals surface area contributed by atoms with Crippen LogP contribution in [0.25, 0.3) is 0 Å². The molecule has 3 nitrogen and oxygen atoms in total. The fraction of sp³-hybridized carbons (Fsp3) is 0.533. The van der Waals surface area contributed by atoms with Crippen LogP contribution in [0.15, 0.2) is 16.6 Å². The smallest absolute Gasteiger partial charge is 0.224 e. The fourth-order valence-corrected chi connectivity index (χ4v) is 2.71. The van der Waals surface area contributed by atoms with Crippen molar-refractivity contribution in [2.45, 2.75) is 33.1 Å². The van der Waals surface area contributed by atoms with Gasteiger partial charge in [-0.05, 0) is 53.2 Å². The molecule has 0 radical (unpaired) electrons. The molecule has 0 aliphatic heterocycles. The number of rotatable bonds is 7. The quantitative estimate of drug-likeness (QED) is 0.767. The monoisotopic (exact) mass is 362 g/mol. The van der Waals surface area contributed by atoms with Crippen LogP contribution in [0, 0.1) is 23.5 Å². The molecule has 6 heteroatoms. The predicted molar refractivity (Wildman–Crippen MR) is 83.9 cm³/mol. The zero-order chi connectivity index (χ0) is 16.0. The summed E-state index contributed by atoms with van der Waals surface area (Å²) in [6.45, 7) is 4.77. The second-order valence-corrected chi connectivity index (χ2v) is 6.27. The van der Waals surface area contributed by atoms with Crippen LogP contribution in [0.5, 0.6) is 0 Å². The van der Waals surface area contributed by atoms with Gasteiger partial charge in [-0.25, -0.2) is 8.78 Å². The minimum Gasteiger partial charge on any atom is -0.330 e. The third-order valence-electron chi connectivity index (χ3n) is 3.49. The molecule has 0 aliphatic rings. The lowest BCUT2D eigenvalue weighted by atomic mass is 9.88. The van der Waals surface area contributed by atoms with Gasteiger partial charge in [-0.3, -0.25) is 4.79 Å². The first-order valence-corrected chi connectivity index (χ1v) is 7.79. The van der Waals surface area contributed by atoms with E-state index < -0.39 is 11.6 Å². The fourth-order valence-electron chi connectivity index (χ4n) is 2.21. The van der Waals surface area contributed by atoms with Crippen LogP contribution in [0.4, 0.5) is 14.5 Å². The summed E-state index contributed by atoms with van der Waals surface area (Å²) in [6.07, 6.45) is 1.84. The van der Waals surface area contributed by atoms with Crippen molar-refractivity contribution in [1.82, 2.24) is 0 Å². The molecule has 118 valence electrons. The SMILES string of the molecule is CC(C)C(CCN)CCC(=O)Nc1c(F)cc(F)cc1Br. The number of hydrogen-bond acceptors (Lipinski definition) is 2. The van der Waals surface area contributed by atoms with Gasteiger partial charge in [0.15, 0.2) is 5.82 Å². The highest BCUT2D eigenvalue weighted by Gasteiger charge is 2.16. The Morgan fingerprint density at radius 1 is 1.33 bits per heavy atom. The minimum atomic E-state index is -0.794. The van der Waals surface area contributed by atoms with Gasteiger partial charge in [0.25, 0.3) is 0 Å². The molecule has 0 heterocycles. The van der Waals surface area contributed by atoms with E-state index in [0.717, 1.165) is 18.6 Å². The normalized spacial score (nSPS) is 12.5. The summed E-state index contributed by atoms with van der Waals surface area (Å²) in [7, 11) is 0. The second-order valence-electron chi connectivity index (χ2n) is 5.41. The third-order valence-corrected chi connectivity index (χ3v) is 4.12. The van der Waals surface area contributed by atoms with E-state index in [9.17, 15) is 13.6 Å². The Hall–Kier alpha value is -1.01. The number of nitrogens with one attached hydrogen (secondary N) is 1. The molecule has 0 aliphatic carbocycles. The van der Waals surface area contributed by atoms with Crippen molar-refractivity contribution in [3.8, 4) is 0 Å². The first-order valence-electron chi connectivity index (χ1n) is 6.99. The summed E-state index contributed by atoms with van der Waals surface area (Å²) in [5.74, 6) is -0.973. The lowest BCUT2D eigenvalue weighted by Gasteiger charge is -2.19. The molecule has 1 aromatic carbocycles. The first kappa shape index (κ1) is 18.0. The van der Waals surface area contributed by atoms with Gasteiger partial charge in [-0.15, -0.1) is 0 Å². The van der Waals surface area contributed by atoms with Crippen LogP contribution < -0.4 is 11.1 Å². The second kappa shape index (κ2) is 8.44. The predicted octanol–water partition coefficient (Wildman–Crippen LogP) is 4.07. The Morgan fingerprint density at radius 3 is 2.52 bits per heavy atom. The topological polar surface area (TPSA) is 55.1 Å². The number of halogens is 3. The van der Waals surface area contributed by atoms with E-state index in [1.165, 1.54) is 0 Å². The number of carbonyl (C=O) groups excluding carboxylic acids is 1. The zero-order valence-electron chi connectivity index (χ0n) is 12.3. The molecular weight excluding hydrogens is 342 g/mol. The number of nitrogens with two attached hydrogens (primary N) is 1. The molecule has 0 aromatic heterocycles. The molecule has 1 atom stereocenters. The molecule has 1 unspecified atom stereocenters. The maximum Gasteiger partial charge on any atom is 0.224 e. The van der Waals surface area contributed by atoms with E-state index in [-0.39, 0.29) is 22.5 Å². The van der Waals surface area contributed by atoms with Gasteiger partial charge >= 0.3 is 0 Å². The van der Waals surface area contributed by atoms with Gasteiger partial charge in [0, 0.05) is 17.0 Å². The Morgan fingerprint density at radius 2 is 2.00 bits per heavy atom. The number of hydrogen-bond donors (Lipinski definition) is 2. The van der Waals surface area contributed by atoms with Crippen molar-refractivity contribution in [2.24, 2.45) is 17.6 Å². The lowest BCUT2D eigenvalue weighted by molar-refractivity contribution is -0.116. The standard InChI is InChI=1S/C15H21BrF2N2O/c1-9(2)10(5-6-19)3-4-14(21)20-15-12(16)7-11(17)8-13(15)18/h7-10H,3-6,19H2,1-2H3,(H,20,21). The molecule has 0 saturated carbocycles. The molecule has 0 bridgehead atoms.